The Kier molecular flexibility index (Phi) is 5.28. The summed E-state index contributed by atoms with van der Waals surface area (Å²) < 4.78 is 21.3. The molecule has 6 heteroatoms. The summed E-state index contributed by atoms with van der Waals surface area (Å²) in [5, 5.41) is 7.90. The van der Waals surface area contributed by atoms with Gasteiger partial charge in [-0.15, -0.1) is 0 Å². The Morgan fingerprint density at radius 3 is 2.38 bits per heavy atom. The summed E-state index contributed by atoms with van der Waals surface area (Å²) in [6.45, 7) is 5.40. The van der Waals surface area contributed by atoms with Gasteiger partial charge in [-0.2, -0.15) is 11.8 Å². The second kappa shape index (κ2) is 5.19. The minimum absolute atomic E-state index is 0.00252. The number of nitrogens with two attached hydrogens (primary N) is 1. The molecule has 0 aromatic carbocycles. The molecule has 0 aromatic rings. The van der Waals surface area contributed by atoms with E-state index in [-0.39, 0.29) is 10.5 Å². The van der Waals surface area contributed by atoms with Crippen LogP contribution in [0.3, 0.4) is 0 Å². The van der Waals surface area contributed by atoms with Crippen LogP contribution in [-0.4, -0.2) is 38.3 Å². The molecule has 0 aliphatic heterocycles. The van der Waals surface area contributed by atoms with Crippen LogP contribution in [0.2, 0.25) is 0 Å². The first-order valence-electron chi connectivity index (χ1n) is 4.03. The molecule has 13 heavy (non-hydrogen) atoms. The van der Waals surface area contributed by atoms with Gasteiger partial charge in [0.2, 0.25) is 10.0 Å². The molecule has 0 saturated carbocycles. The van der Waals surface area contributed by atoms with E-state index in [4.69, 9.17) is 5.14 Å². The lowest BCUT2D eigenvalue weighted by Gasteiger charge is -2.22. The third-order valence-corrected chi connectivity index (χ3v) is 3.69. The first kappa shape index (κ1) is 13.2. The summed E-state index contributed by atoms with van der Waals surface area (Å²) in [6, 6.07) is 0. The third-order valence-electron chi connectivity index (χ3n) is 1.67. The van der Waals surface area contributed by atoms with Gasteiger partial charge in [0, 0.05) is 17.8 Å². The third kappa shape index (κ3) is 8.55. The van der Waals surface area contributed by atoms with Crippen molar-refractivity contribution in [1.82, 2.24) is 5.32 Å². The molecule has 3 N–H and O–H groups in total. The molecule has 0 aliphatic carbocycles. The molecule has 0 amide bonds. The van der Waals surface area contributed by atoms with Crippen molar-refractivity contribution >= 4 is 21.8 Å². The van der Waals surface area contributed by atoms with E-state index < -0.39 is 10.0 Å². The molecule has 4 nitrogen and oxygen atoms in total. The van der Waals surface area contributed by atoms with Crippen LogP contribution in [0.5, 0.6) is 0 Å². The van der Waals surface area contributed by atoms with Crippen LogP contribution in [0.15, 0.2) is 0 Å². The van der Waals surface area contributed by atoms with Gasteiger partial charge >= 0.3 is 0 Å². The molecule has 0 radical (unpaired) electrons. The normalized spacial score (nSPS) is 13.2. The van der Waals surface area contributed by atoms with E-state index in [1.54, 1.807) is 11.8 Å². The maximum Gasteiger partial charge on any atom is 0.210 e. The van der Waals surface area contributed by atoms with Gasteiger partial charge < -0.3 is 5.32 Å². The first-order valence-corrected chi connectivity index (χ1v) is 6.97. The zero-order valence-corrected chi connectivity index (χ0v) is 9.96. The van der Waals surface area contributed by atoms with Crippen molar-refractivity contribution in [3.05, 3.63) is 0 Å². The lowest BCUT2D eigenvalue weighted by molar-refractivity contribution is 0.580. The van der Waals surface area contributed by atoms with E-state index in [0.717, 1.165) is 6.54 Å². The average molecular weight is 226 g/mol. The topological polar surface area (TPSA) is 72.2 Å². The number of sulfonamides is 1. The predicted octanol–water partition coefficient (Wildman–Crippen LogP) is 0.00610. The largest absolute Gasteiger partial charge is 0.314 e. The SMILES string of the molecule is CSC(C)(C)CNCCS(N)(=O)=O. The number of nitrogens with one attached hydrogen (secondary N) is 1. The highest BCUT2D eigenvalue weighted by atomic mass is 32.2. The van der Waals surface area contributed by atoms with Crippen molar-refractivity contribution in [2.75, 3.05) is 25.1 Å². The Bertz CT molecular complexity index is 237. The Hall–Kier alpha value is 0.220. The average Bonchev–Trinajstić information content (AvgIpc) is 1.97. The van der Waals surface area contributed by atoms with Gasteiger partial charge in [0.1, 0.15) is 0 Å². The molecule has 0 rings (SSSR count). The molecule has 0 spiro atoms. The monoisotopic (exact) mass is 226 g/mol. The second-order valence-corrected chi connectivity index (χ2v) is 6.75. The van der Waals surface area contributed by atoms with E-state index in [1.165, 1.54) is 0 Å². The van der Waals surface area contributed by atoms with Crippen LogP contribution < -0.4 is 10.5 Å². The van der Waals surface area contributed by atoms with Crippen molar-refractivity contribution < 1.29 is 8.42 Å². The van der Waals surface area contributed by atoms with Gasteiger partial charge in [0.05, 0.1) is 5.75 Å². The van der Waals surface area contributed by atoms with Crippen LogP contribution in [0.25, 0.3) is 0 Å². The fourth-order valence-electron chi connectivity index (χ4n) is 0.676. The Labute approximate surface area is 84.7 Å². The van der Waals surface area contributed by atoms with Crippen molar-refractivity contribution in [3.63, 3.8) is 0 Å². The standard InChI is InChI=1S/C7H18N2O2S2/c1-7(2,12-3)6-9-4-5-13(8,10)11/h9H,4-6H2,1-3H3,(H2,8,10,11). The molecule has 0 fully saturated rings. The van der Waals surface area contributed by atoms with E-state index in [0.29, 0.717) is 6.54 Å². The second-order valence-electron chi connectivity index (χ2n) is 3.51. The zero-order chi connectivity index (χ0) is 10.5. The van der Waals surface area contributed by atoms with Gasteiger partial charge in [-0.25, -0.2) is 13.6 Å². The summed E-state index contributed by atoms with van der Waals surface area (Å²) in [6.07, 6.45) is 2.03. The lowest BCUT2D eigenvalue weighted by Crippen LogP contribution is -2.35. The van der Waals surface area contributed by atoms with Crippen LogP contribution in [0.4, 0.5) is 0 Å². The number of primary sulfonamides is 1. The number of hydrogen-bond donors (Lipinski definition) is 2. The Morgan fingerprint density at radius 2 is 2.00 bits per heavy atom. The molecule has 0 unspecified atom stereocenters. The van der Waals surface area contributed by atoms with Crippen molar-refractivity contribution in [2.24, 2.45) is 5.14 Å². The fraction of sp³-hybridized carbons (Fsp3) is 1.00. The maximum absolute atomic E-state index is 10.6. The predicted molar refractivity (Wildman–Crippen MR) is 58.4 cm³/mol. The molecule has 0 saturated heterocycles. The van der Waals surface area contributed by atoms with E-state index in [2.05, 4.69) is 19.2 Å². The molecule has 0 aromatic heterocycles. The van der Waals surface area contributed by atoms with Gasteiger partial charge in [-0.3, -0.25) is 0 Å². The minimum atomic E-state index is -3.32. The Balaban J connectivity index is 3.58. The smallest absolute Gasteiger partial charge is 0.210 e. The van der Waals surface area contributed by atoms with Gasteiger partial charge in [0.25, 0.3) is 0 Å². The van der Waals surface area contributed by atoms with Crippen molar-refractivity contribution in [2.45, 2.75) is 18.6 Å². The highest BCUT2D eigenvalue weighted by molar-refractivity contribution is 7.99. The van der Waals surface area contributed by atoms with Gasteiger partial charge in [-0.05, 0) is 20.1 Å². The van der Waals surface area contributed by atoms with Crippen LogP contribution in [0.1, 0.15) is 13.8 Å². The summed E-state index contributed by atoms with van der Waals surface area (Å²) in [7, 11) is -3.32. The number of thioether (sulfide) groups is 1. The molecule has 0 heterocycles. The van der Waals surface area contributed by atoms with E-state index >= 15 is 0 Å². The van der Waals surface area contributed by atoms with Crippen LogP contribution in [-0.2, 0) is 10.0 Å². The summed E-state index contributed by atoms with van der Waals surface area (Å²) >= 11 is 1.74. The Morgan fingerprint density at radius 1 is 1.46 bits per heavy atom. The summed E-state index contributed by atoms with van der Waals surface area (Å²) in [5.41, 5.74) is 0. The maximum atomic E-state index is 10.6. The number of rotatable bonds is 6. The molecular formula is C7H18N2O2S2. The van der Waals surface area contributed by atoms with Crippen molar-refractivity contribution in [3.8, 4) is 0 Å². The van der Waals surface area contributed by atoms with Crippen LogP contribution >= 0.6 is 11.8 Å². The quantitative estimate of drug-likeness (QED) is 0.626. The summed E-state index contributed by atoms with van der Waals surface area (Å²) in [4.78, 5) is 0. The highest BCUT2D eigenvalue weighted by Gasteiger charge is 2.14. The first-order chi connectivity index (χ1) is 5.77. The number of hydrogen-bond acceptors (Lipinski definition) is 4. The minimum Gasteiger partial charge on any atom is -0.314 e. The molecule has 0 atom stereocenters. The molecular weight excluding hydrogens is 208 g/mol. The molecule has 0 aliphatic rings. The van der Waals surface area contributed by atoms with E-state index in [1.807, 2.05) is 6.26 Å². The van der Waals surface area contributed by atoms with E-state index in [9.17, 15) is 8.42 Å². The summed E-state index contributed by atoms with van der Waals surface area (Å²) in [5.74, 6) is -0.00252. The molecule has 80 valence electrons. The highest BCUT2D eigenvalue weighted by Crippen LogP contribution is 2.19. The van der Waals surface area contributed by atoms with Gasteiger partial charge in [-0.1, -0.05) is 0 Å². The van der Waals surface area contributed by atoms with Gasteiger partial charge in [0.15, 0.2) is 0 Å². The fourth-order valence-corrected chi connectivity index (χ4v) is 1.35. The van der Waals surface area contributed by atoms with Crippen molar-refractivity contribution in [1.29, 1.82) is 0 Å². The lowest BCUT2D eigenvalue weighted by atomic mass is 10.2. The zero-order valence-electron chi connectivity index (χ0n) is 8.33. The van der Waals surface area contributed by atoms with Crippen LogP contribution in [0, 0.1) is 0 Å². The molecule has 0 bridgehead atoms.